The molecule has 3 nitrogen and oxygen atoms in total. The van der Waals surface area contributed by atoms with Crippen molar-refractivity contribution in [1.29, 1.82) is 0 Å². The fourth-order valence-corrected chi connectivity index (χ4v) is 3.45. The monoisotopic (exact) mass is 303 g/mol. The molecule has 1 heterocycles. The van der Waals surface area contributed by atoms with Crippen LogP contribution in [0, 0.1) is 6.92 Å². The number of aromatic nitrogens is 2. The van der Waals surface area contributed by atoms with Gasteiger partial charge in [0.05, 0.1) is 12.0 Å². The normalized spacial score (nSPS) is 16.1. The van der Waals surface area contributed by atoms with Crippen LogP contribution in [0.15, 0.2) is 61.2 Å². The van der Waals surface area contributed by atoms with E-state index in [1.807, 2.05) is 18.7 Å². The third-order valence-electron chi connectivity index (χ3n) is 5.02. The molecule has 2 aromatic carbocycles. The lowest BCUT2D eigenvalue weighted by Gasteiger charge is -2.38. The lowest BCUT2D eigenvalue weighted by Crippen LogP contribution is -2.43. The van der Waals surface area contributed by atoms with Crippen LogP contribution in [0.25, 0.3) is 16.8 Å². The second-order valence-electron chi connectivity index (χ2n) is 6.53. The average molecular weight is 303 g/mol. The van der Waals surface area contributed by atoms with Crippen molar-refractivity contribution in [1.82, 2.24) is 9.55 Å². The van der Waals surface area contributed by atoms with E-state index < -0.39 is 0 Å². The molecule has 4 rings (SSSR count). The van der Waals surface area contributed by atoms with Crippen molar-refractivity contribution in [2.45, 2.75) is 31.7 Å². The van der Waals surface area contributed by atoms with Gasteiger partial charge in [0, 0.05) is 23.5 Å². The molecule has 23 heavy (non-hydrogen) atoms. The van der Waals surface area contributed by atoms with E-state index in [1.165, 1.54) is 34.4 Å². The Bertz CT molecular complexity index is 813. The molecule has 1 aliphatic rings. The molecule has 0 unspecified atom stereocenters. The smallest absolute Gasteiger partial charge is 0.0991 e. The van der Waals surface area contributed by atoms with Gasteiger partial charge in [-0.05, 0) is 42.9 Å². The molecule has 0 saturated heterocycles. The van der Waals surface area contributed by atoms with Crippen LogP contribution in [0.4, 0.5) is 0 Å². The highest BCUT2D eigenvalue weighted by Crippen LogP contribution is 2.39. The van der Waals surface area contributed by atoms with Crippen LogP contribution < -0.4 is 5.73 Å². The summed E-state index contributed by atoms with van der Waals surface area (Å²) in [6.45, 7) is 2.14. The van der Waals surface area contributed by atoms with Crippen molar-refractivity contribution in [3.63, 3.8) is 0 Å². The molecule has 2 N–H and O–H groups in total. The Morgan fingerprint density at radius 3 is 2.48 bits per heavy atom. The first kappa shape index (κ1) is 14.2. The molecule has 0 atom stereocenters. The Labute approximate surface area is 136 Å². The van der Waals surface area contributed by atoms with Crippen LogP contribution in [0.2, 0.25) is 0 Å². The van der Waals surface area contributed by atoms with E-state index in [0.29, 0.717) is 0 Å². The Morgan fingerprint density at radius 1 is 1.09 bits per heavy atom. The minimum Gasteiger partial charge on any atom is -0.321 e. The Morgan fingerprint density at radius 2 is 1.87 bits per heavy atom. The number of nitrogens with two attached hydrogens (primary N) is 1. The molecule has 3 heteroatoms. The first-order valence-corrected chi connectivity index (χ1v) is 8.15. The van der Waals surface area contributed by atoms with Gasteiger partial charge in [-0.3, -0.25) is 0 Å². The standard InChI is InChI=1S/C20H21N3/c1-15-4-2-5-18(19(15)23-13-12-22-14-23)16-6-8-17(9-7-16)20(21)10-3-11-20/h2,4-9,12-14H,3,10-11,21H2,1H3. The van der Waals surface area contributed by atoms with Crippen molar-refractivity contribution < 1.29 is 0 Å². The zero-order chi connectivity index (χ0) is 15.9. The third-order valence-corrected chi connectivity index (χ3v) is 5.02. The third kappa shape index (κ3) is 2.37. The molecular formula is C20H21N3. The second-order valence-corrected chi connectivity index (χ2v) is 6.53. The molecule has 3 aromatic rings. The molecule has 0 radical (unpaired) electrons. The van der Waals surface area contributed by atoms with Crippen LogP contribution in [0.1, 0.15) is 30.4 Å². The van der Waals surface area contributed by atoms with Crippen molar-refractivity contribution in [2.24, 2.45) is 5.73 Å². The molecule has 1 fully saturated rings. The number of rotatable bonds is 3. The zero-order valence-corrected chi connectivity index (χ0v) is 13.4. The Kier molecular flexibility index (Phi) is 3.31. The first-order valence-electron chi connectivity index (χ1n) is 8.15. The molecule has 0 bridgehead atoms. The minimum absolute atomic E-state index is 0.0989. The predicted octanol–water partition coefficient (Wildman–Crippen LogP) is 4.19. The maximum Gasteiger partial charge on any atom is 0.0991 e. The van der Waals surface area contributed by atoms with E-state index in [2.05, 4.69) is 58.9 Å². The van der Waals surface area contributed by atoms with E-state index in [0.717, 1.165) is 12.8 Å². The van der Waals surface area contributed by atoms with Gasteiger partial charge in [0.2, 0.25) is 0 Å². The number of hydrogen-bond acceptors (Lipinski definition) is 2. The van der Waals surface area contributed by atoms with Crippen molar-refractivity contribution in [2.75, 3.05) is 0 Å². The summed E-state index contributed by atoms with van der Waals surface area (Å²) >= 11 is 0. The SMILES string of the molecule is Cc1cccc(-c2ccc(C3(N)CCC3)cc2)c1-n1ccnc1. The molecule has 0 amide bonds. The number of hydrogen-bond donors (Lipinski definition) is 1. The fourth-order valence-electron chi connectivity index (χ4n) is 3.45. The number of aryl methyl sites for hydroxylation is 1. The summed E-state index contributed by atoms with van der Waals surface area (Å²) in [7, 11) is 0. The van der Waals surface area contributed by atoms with E-state index in [-0.39, 0.29) is 5.54 Å². The van der Waals surface area contributed by atoms with Gasteiger partial charge in [-0.15, -0.1) is 0 Å². The van der Waals surface area contributed by atoms with E-state index in [9.17, 15) is 0 Å². The molecule has 1 saturated carbocycles. The lowest BCUT2D eigenvalue weighted by atomic mass is 9.72. The highest BCUT2D eigenvalue weighted by molar-refractivity contribution is 5.75. The maximum absolute atomic E-state index is 6.43. The zero-order valence-electron chi connectivity index (χ0n) is 13.4. The Hall–Kier alpha value is -2.39. The van der Waals surface area contributed by atoms with Gasteiger partial charge in [0.15, 0.2) is 0 Å². The summed E-state index contributed by atoms with van der Waals surface area (Å²) in [6, 6.07) is 15.2. The number of benzene rings is 2. The average Bonchev–Trinajstić information content (AvgIpc) is 3.06. The van der Waals surface area contributed by atoms with Gasteiger partial charge in [0.25, 0.3) is 0 Å². The molecular weight excluding hydrogens is 282 g/mol. The summed E-state index contributed by atoms with van der Waals surface area (Å²) in [5.41, 5.74) is 12.4. The molecule has 1 aromatic heterocycles. The van der Waals surface area contributed by atoms with Gasteiger partial charge in [-0.25, -0.2) is 4.98 Å². The van der Waals surface area contributed by atoms with Gasteiger partial charge in [-0.2, -0.15) is 0 Å². The predicted molar refractivity (Wildman–Crippen MR) is 93.5 cm³/mol. The highest BCUT2D eigenvalue weighted by atomic mass is 15.0. The van der Waals surface area contributed by atoms with Crippen molar-refractivity contribution >= 4 is 0 Å². The number of nitrogens with zero attached hydrogens (tertiary/aromatic N) is 2. The topological polar surface area (TPSA) is 43.8 Å². The summed E-state index contributed by atoms with van der Waals surface area (Å²) in [5.74, 6) is 0. The Balaban J connectivity index is 1.78. The van der Waals surface area contributed by atoms with Crippen LogP contribution in [-0.4, -0.2) is 9.55 Å². The van der Waals surface area contributed by atoms with Crippen LogP contribution in [0.3, 0.4) is 0 Å². The van der Waals surface area contributed by atoms with Crippen molar-refractivity contribution in [3.8, 4) is 16.8 Å². The summed E-state index contributed by atoms with van der Waals surface area (Å²) in [4.78, 5) is 4.19. The first-order chi connectivity index (χ1) is 11.2. The van der Waals surface area contributed by atoms with Crippen LogP contribution in [0.5, 0.6) is 0 Å². The van der Waals surface area contributed by atoms with Crippen LogP contribution in [-0.2, 0) is 5.54 Å². The minimum atomic E-state index is -0.0989. The summed E-state index contributed by atoms with van der Waals surface area (Å²) in [5, 5.41) is 0. The van der Waals surface area contributed by atoms with E-state index >= 15 is 0 Å². The molecule has 1 aliphatic carbocycles. The molecule has 0 aliphatic heterocycles. The van der Waals surface area contributed by atoms with Gasteiger partial charge < -0.3 is 10.3 Å². The van der Waals surface area contributed by atoms with Gasteiger partial charge in [0.1, 0.15) is 0 Å². The lowest BCUT2D eigenvalue weighted by molar-refractivity contribution is 0.253. The molecule has 0 spiro atoms. The molecule has 116 valence electrons. The fraction of sp³-hybridized carbons (Fsp3) is 0.250. The van der Waals surface area contributed by atoms with E-state index in [4.69, 9.17) is 5.73 Å². The van der Waals surface area contributed by atoms with Crippen LogP contribution >= 0.6 is 0 Å². The maximum atomic E-state index is 6.43. The van der Waals surface area contributed by atoms with Gasteiger partial charge in [-0.1, -0.05) is 42.5 Å². The summed E-state index contributed by atoms with van der Waals surface area (Å²) in [6.07, 6.45) is 9.08. The van der Waals surface area contributed by atoms with E-state index in [1.54, 1.807) is 0 Å². The number of para-hydroxylation sites is 1. The summed E-state index contributed by atoms with van der Waals surface area (Å²) < 4.78 is 2.08. The van der Waals surface area contributed by atoms with Gasteiger partial charge >= 0.3 is 0 Å². The van der Waals surface area contributed by atoms with Crippen molar-refractivity contribution in [3.05, 3.63) is 72.3 Å². The number of imidazole rings is 1. The highest BCUT2D eigenvalue weighted by Gasteiger charge is 2.34. The second kappa shape index (κ2) is 5.36. The quantitative estimate of drug-likeness (QED) is 0.788. The largest absolute Gasteiger partial charge is 0.321 e.